The highest BCUT2D eigenvalue weighted by molar-refractivity contribution is 5.89. The van der Waals surface area contributed by atoms with Crippen molar-refractivity contribution >= 4 is 11.7 Å². The Balaban J connectivity index is 1.68. The molecule has 0 atom stereocenters. The number of urea groups is 1. The molecule has 2 amide bonds. The Bertz CT molecular complexity index is 816. The summed E-state index contributed by atoms with van der Waals surface area (Å²) in [7, 11) is 0. The first-order chi connectivity index (χ1) is 13.3. The van der Waals surface area contributed by atoms with Crippen molar-refractivity contribution in [3.05, 3.63) is 65.5 Å². The standard InChI is InChI=1S/C20H20F4N2O2/c21-16-6-4-14(5-7-16)19(8-10-28-11-9-19)13-25-18(27)26-17-3-1-2-15(12-17)20(22,23)24/h1-7,12H,8-11,13H2,(H2,25,26,27). The van der Waals surface area contributed by atoms with E-state index in [0.717, 1.165) is 17.7 Å². The topological polar surface area (TPSA) is 50.4 Å². The molecule has 2 aromatic rings. The Morgan fingerprint density at radius 1 is 1.07 bits per heavy atom. The molecule has 8 heteroatoms. The molecule has 0 radical (unpaired) electrons. The zero-order chi connectivity index (χ0) is 20.2. The summed E-state index contributed by atoms with van der Waals surface area (Å²) in [4.78, 5) is 12.2. The number of rotatable bonds is 4. The Kier molecular flexibility index (Phi) is 5.88. The number of carbonyl (C=O) groups is 1. The number of ether oxygens (including phenoxy) is 1. The van der Waals surface area contributed by atoms with Crippen LogP contribution < -0.4 is 10.6 Å². The second-order valence-corrected chi connectivity index (χ2v) is 6.79. The maximum atomic E-state index is 13.3. The molecule has 2 N–H and O–H groups in total. The lowest BCUT2D eigenvalue weighted by molar-refractivity contribution is -0.137. The average Bonchev–Trinajstić information content (AvgIpc) is 2.67. The highest BCUT2D eigenvalue weighted by Crippen LogP contribution is 2.34. The first-order valence-corrected chi connectivity index (χ1v) is 8.84. The predicted molar refractivity (Wildman–Crippen MR) is 96.6 cm³/mol. The fraction of sp³-hybridized carbons (Fsp3) is 0.350. The van der Waals surface area contributed by atoms with Gasteiger partial charge in [0.15, 0.2) is 0 Å². The molecule has 0 aliphatic carbocycles. The van der Waals surface area contributed by atoms with Gasteiger partial charge in [-0.2, -0.15) is 13.2 Å². The number of nitrogens with one attached hydrogen (secondary N) is 2. The number of alkyl halides is 3. The van der Waals surface area contributed by atoms with E-state index in [-0.39, 0.29) is 18.0 Å². The van der Waals surface area contributed by atoms with Gasteiger partial charge in [-0.25, -0.2) is 9.18 Å². The molecular formula is C20H20F4N2O2. The molecule has 0 bridgehead atoms. The molecule has 1 fully saturated rings. The average molecular weight is 396 g/mol. The van der Waals surface area contributed by atoms with Crippen molar-refractivity contribution < 1.29 is 27.1 Å². The first kappa shape index (κ1) is 20.1. The van der Waals surface area contributed by atoms with Crippen LogP contribution in [0.4, 0.5) is 28.0 Å². The van der Waals surface area contributed by atoms with Gasteiger partial charge >= 0.3 is 12.2 Å². The summed E-state index contributed by atoms with van der Waals surface area (Å²) in [5.41, 5.74) is -0.318. The van der Waals surface area contributed by atoms with Crippen molar-refractivity contribution in [3.63, 3.8) is 0 Å². The van der Waals surface area contributed by atoms with Gasteiger partial charge in [0.1, 0.15) is 5.82 Å². The van der Waals surface area contributed by atoms with Crippen molar-refractivity contribution in [2.45, 2.75) is 24.4 Å². The van der Waals surface area contributed by atoms with E-state index in [1.807, 2.05) is 0 Å². The van der Waals surface area contributed by atoms with E-state index in [1.54, 1.807) is 12.1 Å². The van der Waals surface area contributed by atoms with Crippen LogP contribution in [0.2, 0.25) is 0 Å². The van der Waals surface area contributed by atoms with E-state index in [2.05, 4.69) is 10.6 Å². The van der Waals surface area contributed by atoms with Crippen LogP contribution in [0, 0.1) is 5.82 Å². The molecule has 0 aromatic heterocycles. The van der Waals surface area contributed by atoms with Crippen LogP contribution in [0.25, 0.3) is 0 Å². The molecule has 1 heterocycles. The summed E-state index contributed by atoms with van der Waals surface area (Å²) in [6.45, 7) is 1.27. The number of amides is 2. The second kappa shape index (κ2) is 8.18. The first-order valence-electron chi connectivity index (χ1n) is 8.84. The lowest BCUT2D eigenvalue weighted by Gasteiger charge is -2.38. The third kappa shape index (κ3) is 4.81. The van der Waals surface area contributed by atoms with Crippen LogP contribution >= 0.6 is 0 Å². The van der Waals surface area contributed by atoms with E-state index in [1.165, 1.54) is 24.3 Å². The summed E-state index contributed by atoms with van der Waals surface area (Å²) in [6.07, 6.45) is -3.20. The largest absolute Gasteiger partial charge is 0.416 e. The third-order valence-corrected chi connectivity index (χ3v) is 4.94. The van der Waals surface area contributed by atoms with Gasteiger partial charge in [-0.1, -0.05) is 18.2 Å². The number of halogens is 4. The van der Waals surface area contributed by atoms with E-state index >= 15 is 0 Å². The van der Waals surface area contributed by atoms with Crippen LogP contribution in [-0.2, 0) is 16.3 Å². The van der Waals surface area contributed by atoms with Crippen molar-refractivity contribution in [1.82, 2.24) is 5.32 Å². The van der Waals surface area contributed by atoms with Crippen LogP contribution in [0.1, 0.15) is 24.0 Å². The number of hydrogen-bond donors (Lipinski definition) is 2. The van der Waals surface area contributed by atoms with Gasteiger partial charge in [-0.3, -0.25) is 0 Å². The lowest BCUT2D eigenvalue weighted by atomic mass is 9.74. The van der Waals surface area contributed by atoms with Crippen molar-refractivity contribution in [1.29, 1.82) is 0 Å². The molecule has 0 saturated carbocycles. The fourth-order valence-corrected chi connectivity index (χ4v) is 3.33. The maximum Gasteiger partial charge on any atom is 0.416 e. The van der Waals surface area contributed by atoms with E-state index < -0.39 is 23.2 Å². The van der Waals surface area contributed by atoms with Gasteiger partial charge < -0.3 is 15.4 Å². The molecule has 3 rings (SSSR count). The van der Waals surface area contributed by atoms with Gasteiger partial charge in [0.05, 0.1) is 5.56 Å². The number of anilines is 1. The molecular weight excluding hydrogens is 376 g/mol. The molecule has 0 unspecified atom stereocenters. The molecule has 150 valence electrons. The molecule has 1 aliphatic heterocycles. The number of hydrogen-bond acceptors (Lipinski definition) is 2. The second-order valence-electron chi connectivity index (χ2n) is 6.79. The normalized spacial score (nSPS) is 16.4. The van der Waals surface area contributed by atoms with Gasteiger partial charge in [-0.05, 0) is 48.7 Å². The fourth-order valence-electron chi connectivity index (χ4n) is 3.33. The lowest BCUT2D eigenvalue weighted by Crippen LogP contribution is -2.45. The van der Waals surface area contributed by atoms with E-state index in [0.29, 0.717) is 26.1 Å². The highest BCUT2D eigenvalue weighted by atomic mass is 19.4. The van der Waals surface area contributed by atoms with Gasteiger partial charge in [0.2, 0.25) is 0 Å². The third-order valence-electron chi connectivity index (χ3n) is 4.94. The van der Waals surface area contributed by atoms with Gasteiger partial charge in [-0.15, -0.1) is 0 Å². The number of benzene rings is 2. The Labute approximate surface area is 159 Å². The smallest absolute Gasteiger partial charge is 0.381 e. The van der Waals surface area contributed by atoms with Crippen molar-refractivity contribution in [3.8, 4) is 0 Å². The molecule has 0 spiro atoms. The highest BCUT2D eigenvalue weighted by Gasteiger charge is 2.35. The van der Waals surface area contributed by atoms with E-state index in [4.69, 9.17) is 4.74 Å². The Hall–Kier alpha value is -2.61. The predicted octanol–water partition coefficient (Wildman–Crippen LogP) is 4.71. The van der Waals surface area contributed by atoms with Crippen LogP contribution in [-0.4, -0.2) is 25.8 Å². The van der Waals surface area contributed by atoms with Crippen LogP contribution in [0.3, 0.4) is 0 Å². The summed E-state index contributed by atoms with van der Waals surface area (Å²) in [5.74, 6) is -0.346. The molecule has 1 saturated heterocycles. The summed E-state index contributed by atoms with van der Waals surface area (Å²) < 4.78 is 57.1. The summed E-state index contributed by atoms with van der Waals surface area (Å²) in [5, 5.41) is 5.16. The minimum absolute atomic E-state index is 0.0511. The van der Waals surface area contributed by atoms with Gasteiger partial charge in [0, 0.05) is 30.9 Å². The molecule has 1 aliphatic rings. The maximum absolute atomic E-state index is 13.3. The minimum atomic E-state index is -4.48. The van der Waals surface area contributed by atoms with Crippen LogP contribution in [0.15, 0.2) is 48.5 Å². The summed E-state index contributed by atoms with van der Waals surface area (Å²) >= 11 is 0. The Morgan fingerprint density at radius 2 is 1.75 bits per heavy atom. The van der Waals surface area contributed by atoms with Crippen molar-refractivity contribution in [2.24, 2.45) is 0 Å². The van der Waals surface area contributed by atoms with E-state index in [9.17, 15) is 22.4 Å². The van der Waals surface area contributed by atoms with Gasteiger partial charge in [0.25, 0.3) is 0 Å². The molecule has 28 heavy (non-hydrogen) atoms. The zero-order valence-electron chi connectivity index (χ0n) is 15.0. The molecule has 4 nitrogen and oxygen atoms in total. The molecule has 2 aromatic carbocycles. The quantitative estimate of drug-likeness (QED) is 0.735. The summed E-state index contributed by atoms with van der Waals surface area (Å²) in [6, 6.07) is 9.95. The minimum Gasteiger partial charge on any atom is -0.381 e. The SMILES string of the molecule is O=C(NCC1(c2ccc(F)cc2)CCOCC1)Nc1cccc(C(F)(F)F)c1. The van der Waals surface area contributed by atoms with Crippen molar-refractivity contribution in [2.75, 3.05) is 25.1 Å². The Morgan fingerprint density at radius 3 is 2.39 bits per heavy atom. The van der Waals surface area contributed by atoms with Crippen LogP contribution in [0.5, 0.6) is 0 Å². The zero-order valence-corrected chi connectivity index (χ0v) is 15.0. The monoisotopic (exact) mass is 396 g/mol. The number of carbonyl (C=O) groups excluding carboxylic acids is 1.